The highest BCUT2D eigenvalue weighted by Crippen LogP contribution is 2.27. The molecule has 1 heterocycles. The lowest BCUT2D eigenvalue weighted by Crippen LogP contribution is -2.31. The zero-order valence-electron chi connectivity index (χ0n) is 18.4. The third kappa shape index (κ3) is 5.08. The topological polar surface area (TPSA) is 73.2 Å². The maximum absolute atomic E-state index is 13.8. The first kappa shape index (κ1) is 23.8. The van der Waals surface area contributed by atoms with Gasteiger partial charge in [0.25, 0.3) is 5.56 Å². The minimum Gasteiger partial charge on any atom is -0.497 e. The van der Waals surface area contributed by atoms with Gasteiger partial charge in [-0.2, -0.15) is 0 Å². The van der Waals surface area contributed by atoms with Crippen LogP contribution in [0.1, 0.15) is 12.5 Å². The van der Waals surface area contributed by atoms with E-state index in [1.54, 1.807) is 38.3 Å². The van der Waals surface area contributed by atoms with Crippen LogP contribution in [0.5, 0.6) is 5.75 Å². The van der Waals surface area contributed by atoms with E-state index in [9.17, 15) is 14.0 Å². The van der Waals surface area contributed by atoms with Crippen molar-refractivity contribution in [2.45, 2.75) is 23.9 Å². The minimum absolute atomic E-state index is 0.112. The molecule has 1 atom stereocenters. The molecule has 0 spiro atoms. The van der Waals surface area contributed by atoms with Crippen molar-refractivity contribution >= 4 is 40.2 Å². The van der Waals surface area contributed by atoms with E-state index in [2.05, 4.69) is 10.3 Å². The molecule has 0 radical (unpaired) electrons. The van der Waals surface area contributed by atoms with Crippen LogP contribution in [0.2, 0.25) is 5.02 Å². The number of halogens is 2. The van der Waals surface area contributed by atoms with Gasteiger partial charge in [0.15, 0.2) is 5.16 Å². The van der Waals surface area contributed by atoms with E-state index in [0.717, 1.165) is 23.1 Å². The molecule has 174 valence electrons. The molecule has 0 aliphatic rings. The molecule has 34 heavy (non-hydrogen) atoms. The van der Waals surface area contributed by atoms with E-state index >= 15 is 0 Å². The van der Waals surface area contributed by atoms with Crippen LogP contribution in [0.3, 0.4) is 0 Å². The van der Waals surface area contributed by atoms with Crippen LogP contribution in [0.25, 0.3) is 16.6 Å². The Bertz CT molecular complexity index is 1410. The first-order valence-electron chi connectivity index (χ1n) is 10.4. The van der Waals surface area contributed by atoms with E-state index in [4.69, 9.17) is 16.3 Å². The number of carbonyl (C=O) groups excluding carboxylic acids is 1. The normalized spacial score (nSPS) is 11.9. The molecule has 1 N–H and O–H groups in total. The minimum atomic E-state index is -0.590. The van der Waals surface area contributed by atoms with E-state index in [1.807, 2.05) is 24.3 Å². The number of nitrogens with one attached hydrogen (secondary N) is 1. The molecule has 4 aromatic rings. The summed E-state index contributed by atoms with van der Waals surface area (Å²) in [4.78, 5) is 30.7. The average molecular weight is 498 g/mol. The van der Waals surface area contributed by atoms with Gasteiger partial charge in [0.2, 0.25) is 5.91 Å². The van der Waals surface area contributed by atoms with Gasteiger partial charge in [0.1, 0.15) is 11.6 Å². The summed E-state index contributed by atoms with van der Waals surface area (Å²) in [6, 6.07) is 18.3. The SMILES string of the molecule is COc1ccc(CNC(=O)C(C)Sc2nc3ccccc3c(=O)n2-c2ccc(F)c(Cl)c2)cc1. The van der Waals surface area contributed by atoms with Gasteiger partial charge in [0, 0.05) is 6.54 Å². The van der Waals surface area contributed by atoms with Gasteiger partial charge in [0.05, 0.1) is 34.0 Å². The molecule has 1 amide bonds. The fourth-order valence-electron chi connectivity index (χ4n) is 3.33. The Hall–Kier alpha value is -3.36. The third-order valence-corrected chi connectivity index (χ3v) is 6.53. The van der Waals surface area contributed by atoms with E-state index in [-0.39, 0.29) is 16.5 Å². The number of benzene rings is 3. The number of rotatable bonds is 7. The number of aromatic nitrogens is 2. The molecular formula is C25H21ClFN3O3S. The molecule has 0 saturated heterocycles. The van der Waals surface area contributed by atoms with Crippen molar-refractivity contribution in [2.24, 2.45) is 0 Å². The molecule has 9 heteroatoms. The van der Waals surface area contributed by atoms with Gasteiger partial charge in [-0.1, -0.05) is 47.6 Å². The molecule has 6 nitrogen and oxygen atoms in total. The summed E-state index contributed by atoms with van der Waals surface area (Å²) in [5.74, 6) is -0.0696. The Kier molecular flexibility index (Phi) is 7.19. The number of fused-ring (bicyclic) bond motifs is 1. The van der Waals surface area contributed by atoms with E-state index in [0.29, 0.717) is 28.3 Å². The highest BCUT2D eigenvalue weighted by molar-refractivity contribution is 8.00. The number of thioether (sulfide) groups is 1. The number of carbonyl (C=O) groups is 1. The second-order valence-electron chi connectivity index (χ2n) is 7.48. The molecule has 0 saturated carbocycles. The predicted molar refractivity (Wildman–Crippen MR) is 132 cm³/mol. The predicted octanol–water partition coefficient (Wildman–Crippen LogP) is 4.98. The molecule has 0 aliphatic heterocycles. The highest BCUT2D eigenvalue weighted by Gasteiger charge is 2.20. The van der Waals surface area contributed by atoms with Gasteiger partial charge >= 0.3 is 0 Å². The van der Waals surface area contributed by atoms with Crippen LogP contribution >= 0.6 is 23.4 Å². The molecular weight excluding hydrogens is 477 g/mol. The molecule has 4 rings (SSSR count). The Morgan fingerprint density at radius 2 is 1.91 bits per heavy atom. The van der Waals surface area contributed by atoms with Crippen LogP contribution in [0.4, 0.5) is 4.39 Å². The number of hydrogen-bond acceptors (Lipinski definition) is 5. The summed E-state index contributed by atoms with van der Waals surface area (Å²) in [7, 11) is 1.59. The van der Waals surface area contributed by atoms with Crippen LogP contribution in [0, 0.1) is 5.82 Å². The van der Waals surface area contributed by atoms with Crippen LogP contribution in [0.15, 0.2) is 76.7 Å². The summed E-state index contributed by atoms with van der Waals surface area (Å²) >= 11 is 7.11. The fourth-order valence-corrected chi connectivity index (χ4v) is 4.46. The number of hydrogen-bond donors (Lipinski definition) is 1. The largest absolute Gasteiger partial charge is 0.497 e. The van der Waals surface area contributed by atoms with Crippen molar-refractivity contribution in [3.05, 3.63) is 93.5 Å². The summed E-state index contributed by atoms with van der Waals surface area (Å²) in [6.07, 6.45) is 0. The summed E-state index contributed by atoms with van der Waals surface area (Å²) in [5.41, 5.74) is 1.46. The van der Waals surface area contributed by atoms with Crippen LogP contribution in [-0.2, 0) is 11.3 Å². The smallest absolute Gasteiger partial charge is 0.266 e. The number of methoxy groups -OCH3 is 1. The van der Waals surface area contributed by atoms with Gasteiger partial charge < -0.3 is 10.1 Å². The Balaban J connectivity index is 1.62. The quantitative estimate of drug-likeness (QED) is 0.288. The second kappa shape index (κ2) is 10.3. The maximum atomic E-state index is 13.8. The average Bonchev–Trinajstić information content (AvgIpc) is 2.85. The number of amides is 1. The Morgan fingerprint density at radius 3 is 2.62 bits per heavy atom. The van der Waals surface area contributed by atoms with Crippen LogP contribution < -0.4 is 15.6 Å². The first-order valence-corrected chi connectivity index (χ1v) is 11.7. The Labute approximate surface area is 204 Å². The zero-order valence-corrected chi connectivity index (χ0v) is 20.0. The number of ether oxygens (including phenoxy) is 1. The van der Waals surface area contributed by atoms with Crippen LogP contribution in [-0.4, -0.2) is 27.8 Å². The lowest BCUT2D eigenvalue weighted by atomic mass is 10.2. The Morgan fingerprint density at radius 1 is 1.18 bits per heavy atom. The van der Waals surface area contributed by atoms with Gasteiger partial charge in [-0.3, -0.25) is 14.2 Å². The summed E-state index contributed by atoms with van der Waals surface area (Å²) in [5, 5.41) is 2.93. The van der Waals surface area contributed by atoms with Crippen molar-refractivity contribution in [2.75, 3.05) is 7.11 Å². The second-order valence-corrected chi connectivity index (χ2v) is 9.19. The number of nitrogens with zero attached hydrogens (tertiary/aromatic N) is 2. The lowest BCUT2D eigenvalue weighted by Gasteiger charge is -2.17. The van der Waals surface area contributed by atoms with Gasteiger partial charge in [-0.25, -0.2) is 9.37 Å². The monoisotopic (exact) mass is 497 g/mol. The van der Waals surface area contributed by atoms with Crippen molar-refractivity contribution in [3.8, 4) is 11.4 Å². The highest BCUT2D eigenvalue weighted by atomic mass is 35.5. The maximum Gasteiger partial charge on any atom is 0.266 e. The molecule has 0 bridgehead atoms. The van der Waals surface area contributed by atoms with Gasteiger partial charge in [-0.05, 0) is 55.0 Å². The van der Waals surface area contributed by atoms with Crippen molar-refractivity contribution in [3.63, 3.8) is 0 Å². The molecule has 1 unspecified atom stereocenters. The zero-order chi connectivity index (χ0) is 24.2. The summed E-state index contributed by atoms with van der Waals surface area (Å²) < 4.78 is 20.3. The van der Waals surface area contributed by atoms with E-state index in [1.165, 1.54) is 22.8 Å². The van der Waals surface area contributed by atoms with Crippen molar-refractivity contribution in [1.82, 2.24) is 14.9 Å². The number of para-hydroxylation sites is 1. The molecule has 3 aromatic carbocycles. The summed E-state index contributed by atoms with van der Waals surface area (Å²) in [6.45, 7) is 2.08. The van der Waals surface area contributed by atoms with Crippen molar-refractivity contribution in [1.29, 1.82) is 0 Å². The third-order valence-electron chi connectivity index (χ3n) is 5.18. The lowest BCUT2D eigenvalue weighted by molar-refractivity contribution is -0.120. The van der Waals surface area contributed by atoms with E-state index < -0.39 is 11.1 Å². The molecule has 0 aliphatic carbocycles. The first-order chi connectivity index (χ1) is 16.4. The van der Waals surface area contributed by atoms with Crippen molar-refractivity contribution < 1.29 is 13.9 Å². The molecule has 1 aromatic heterocycles. The molecule has 0 fully saturated rings. The fraction of sp³-hybridized carbons (Fsp3) is 0.160. The van der Waals surface area contributed by atoms with Gasteiger partial charge in [-0.15, -0.1) is 0 Å². The standard InChI is InChI=1S/C25H21ClFN3O3S/c1-15(23(31)28-14-16-7-10-18(33-2)11-8-16)34-25-29-22-6-4-3-5-19(22)24(32)30(25)17-9-12-21(27)20(26)13-17/h3-13,15H,14H2,1-2H3,(H,28,31).